The van der Waals surface area contributed by atoms with E-state index < -0.39 is 5.97 Å². The topological polar surface area (TPSA) is 83.5 Å². The summed E-state index contributed by atoms with van der Waals surface area (Å²) in [7, 11) is 0. The highest BCUT2D eigenvalue weighted by atomic mass is 16.7. The molecule has 0 aliphatic heterocycles. The number of nitrogens with zero attached hydrogens (tertiary/aromatic N) is 5. The third-order valence-electron chi connectivity index (χ3n) is 3.77. The Morgan fingerprint density at radius 3 is 2.88 bits per heavy atom. The van der Waals surface area contributed by atoms with Gasteiger partial charge in [0.2, 0.25) is 0 Å². The zero-order valence-electron chi connectivity index (χ0n) is 13.7. The summed E-state index contributed by atoms with van der Waals surface area (Å²) in [5, 5.41) is 7.84. The number of carbonyl (C=O) groups is 1. The second kappa shape index (κ2) is 5.90. The Morgan fingerprint density at radius 2 is 2.04 bits per heavy atom. The fourth-order valence-electron chi connectivity index (χ4n) is 2.71. The van der Waals surface area contributed by atoms with Crippen LogP contribution in [0.25, 0.3) is 16.7 Å². The molecule has 0 aliphatic carbocycles. The van der Waals surface area contributed by atoms with Gasteiger partial charge >= 0.3 is 5.97 Å². The van der Waals surface area contributed by atoms with Gasteiger partial charge in [-0.3, -0.25) is 4.40 Å². The maximum Gasteiger partial charge on any atom is 0.384 e. The Labute approximate surface area is 142 Å². The van der Waals surface area contributed by atoms with Crippen LogP contribution in [0.3, 0.4) is 0 Å². The van der Waals surface area contributed by atoms with Crippen molar-refractivity contribution in [3.63, 3.8) is 0 Å². The van der Waals surface area contributed by atoms with Crippen molar-refractivity contribution in [2.24, 2.45) is 0 Å². The summed E-state index contributed by atoms with van der Waals surface area (Å²) in [4.78, 5) is 23.7. The number of hydrogen-bond acceptors (Lipinski definition) is 6. The standard InChI is InChI=1S/C17H15N5O3/c1-3-24-14-9-6-10-21-15(11(2)18-16(14)21)17(23)25-22-13-8-5-4-7-12(13)19-20-22/h4-10H,3H2,1-2H3. The molecule has 4 aromatic rings. The molecule has 0 N–H and O–H groups in total. The van der Waals surface area contributed by atoms with E-state index in [-0.39, 0.29) is 0 Å². The molecule has 0 radical (unpaired) electrons. The van der Waals surface area contributed by atoms with Gasteiger partial charge in [0.1, 0.15) is 11.0 Å². The lowest BCUT2D eigenvalue weighted by Crippen LogP contribution is -2.23. The van der Waals surface area contributed by atoms with E-state index in [0.717, 1.165) is 4.85 Å². The minimum atomic E-state index is -0.575. The molecule has 0 spiro atoms. The summed E-state index contributed by atoms with van der Waals surface area (Å²) in [5.74, 6) is 0.0349. The SMILES string of the molecule is CCOc1cccn2c(C(=O)On3nnc4ccccc43)c(C)nc12. The quantitative estimate of drug-likeness (QED) is 0.530. The summed E-state index contributed by atoms with van der Waals surface area (Å²) < 4.78 is 7.22. The van der Waals surface area contributed by atoms with E-state index in [1.807, 2.05) is 25.1 Å². The Kier molecular flexibility index (Phi) is 3.57. The Bertz CT molecular complexity index is 1080. The second-order valence-electron chi connectivity index (χ2n) is 5.37. The number of imidazole rings is 1. The molecule has 0 saturated carbocycles. The normalized spacial score (nSPS) is 11.1. The van der Waals surface area contributed by atoms with Gasteiger partial charge < -0.3 is 9.57 Å². The van der Waals surface area contributed by atoms with Crippen molar-refractivity contribution in [1.29, 1.82) is 0 Å². The van der Waals surface area contributed by atoms with E-state index in [0.29, 0.717) is 40.4 Å². The molecule has 8 nitrogen and oxygen atoms in total. The molecule has 0 atom stereocenters. The molecular weight excluding hydrogens is 322 g/mol. The average molecular weight is 337 g/mol. The number of para-hydroxylation sites is 1. The highest BCUT2D eigenvalue weighted by molar-refractivity contribution is 5.91. The Morgan fingerprint density at radius 1 is 1.20 bits per heavy atom. The fourth-order valence-corrected chi connectivity index (χ4v) is 2.71. The van der Waals surface area contributed by atoms with Crippen molar-refractivity contribution in [1.82, 2.24) is 24.5 Å². The maximum absolute atomic E-state index is 12.7. The van der Waals surface area contributed by atoms with E-state index in [1.54, 1.807) is 35.7 Å². The van der Waals surface area contributed by atoms with Gasteiger partial charge in [0, 0.05) is 6.20 Å². The Balaban J connectivity index is 1.75. The predicted molar refractivity (Wildman–Crippen MR) is 89.5 cm³/mol. The van der Waals surface area contributed by atoms with Crippen LogP contribution in [-0.4, -0.2) is 37.1 Å². The lowest BCUT2D eigenvalue weighted by molar-refractivity contribution is 0.0400. The van der Waals surface area contributed by atoms with Crippen molar-refractivity contribution in [3.8, 4) is 5.75 Å². The first-order chi connectivity index (χ1) is 12.2. The van der Waals surface area contributed by atoms with Crippen molar-refractivity contribution >= 4 is 22.6 Å². The predicted octanol–water partition coefficient (Wildman–Crippen LogP) is 2.06. The minimum absolute atomic E-state index is 0.316. The third kappa shape index (κ3) is 2.47. The molecule has 0 fully saturated rings. The van der Waals surface area contributed by atoms with Crippen LogP contribution in [0.15, 0.2) is 42.6 Å². The zero-order valence-corrected chi connectivity index (χ0v) is 13.7. The van der Waals surface area contributed by atoms with Gasteiger partial charge in [-0.05, 0) is 43.3 Å². The molecule has 0 amide bonds. The van der Waals surface area contributed by atoms with Crippen LogP contribution in [0, 0.1) is 6.92 Å². The smallest absolute Gasteiger partial charge is 0.384 e. The molecule has 0 aliphatic rings. The zero-order chi connectivity index (χ0) is 17.4. The van der Waals surface area contributed by atoms with Crippen molar-refractivity contribution in [2.75, 3.05) is 6.61 Å². The van der Waals surface area contributed by atoms with Gasteiger partial charge in [-0.25, -0.2) is 9.78 Å². The first-order valence-electron chi connectivity index (χ1n) is 7.82. The molecule has 0 saturated heterocycles. The fraction of sp³-hybridized carbons (Fsp3) is 0.176. The molecule has 8 heteroatoms. The summed E-state index contributed by atoms with van der Waals surface area (Å²) in [6.07, 6.45) is 1.74. The van der Waals surface area contributed by atoms with E-state index >= 15 is 0 Å². The van der Waals surface area contributed by atoms with Crippen LogP contribution in [0.2, 0.25) is 0 Å². The van der Waals surface area contributed by atoms with Gasteiger partial charge in [0.15, 0.2) is 17.1 Å². The number of aromatic nitrogens is 5. The van der Waals surface area contributed by atoms with Crippen LogP contribution in [0.1, 0.15) is 23.1 Å². The minimum Gasteiger partial charge on any atom is -0.490 e. The number of pyridine rings is 1. The number of hydrogen-bond donors (Lipinski definition) is 0. The molecular formula is C17H15N5O3. The van der Waals surface area contributed by atoms with Gasteiger partial charge in [-0.1, -0.05) is 17.0 Å². The third-order valence-corrected chi connectivity index (χ3v) is 3.77. The average Bonchev–Trinajstić information content (AvgIpc) is 3.16. The van der Waals surface area contributed by atoms with E-state index in [9.17, 15) is 4.79 Å². The molecule has 3 heterocycles. The lowest BCUT2D eigenvalue weighted by Gasteiger charge is -2.06. The molecule has 0 bridgehead atoms. The highest BCUT2D eigenvalue weighted by Gasteiger charge is 2.22. The lowest BCUT2D eigenvalue weighted by atomic mass is 10.3. The number of carbonyl (C=O) groups excluding carboxylic acids is 1. The van der Waals surface area contributed by atoms with Gasteiger partial charge in [0.05, 0.1) is 12.3 Å². The molecule has 1 aromatic carbocycles. The summed E-state index contributed by atoms with van der Waals surface area (Å²) in [6, 6.07) is 10.8. The van der Waals surface area contributed by atoms with Crippen molar-refractivity contribution in [2.45, 2.75) is 13.8 Å². The largest absolute Gasteiger partial charge is 0.490 e. The van der Waals surface area contributed by atoms with Gasteiger partial charge in [0.25, 0.3) is 0 Å². The first-order valence-corrected chi connectivity index (χ1v) is 7.82. The van der Waals surface area contributed by atoms with Gasteiger partial charge in [-0.15, -0.1) is 5.10 Å². The molecule has 3 aromatic heterocycles. The van der Waals surface area contributed by atoms with Crippen LogP contribution in [0.5, 0.6) is 5.75 Å². The number of ether oxygens (including phenoxy) is 1. The molecule has 4 rings (SSSR count). The van der Waals surface area contributed by atoms with Crippen molar-refractivity contribution < 1.29 is 14.4 Å². The number of aryl methyl sites for hydroxylation is 1. The van der Waals surface area contributed by atoms with Crippen LogP contribution >= 0.6 is 0 Å². The first kappa shape index (κ1) is 15.1. The van der Waals surface area contributed by atoms with Crippen LogP contribution in [0.4, 0.5) is 0 Å². The molecule has 25 heavy (non-hydrogen) atoms. The van der Waals surface area contributed by atoms with Crippen molar-refractivity contribution in [3.05, 3.63) is 54.0 Å². The van der Waals surface area contributed by atoms with Crippen LogP contribution < -0.4 is 9.57 Å². The summed E-state index contributed by atoms with van der Waals surface area (Å²) in [6.45, 7) is 4.15. The van der Waals surface area contributed by atoms with E-state index in [1.165, 1.54) is 0 Å². The van der Waals surface area contributed by atoms with Crippen LogP contribution in [-0.2, 0) is 0 Å². The van der Waals surface area contributed by atoms with E-state index in [2.05, 4.69) is 15.3 Å². The highest BCUT2D eigenvalue weighted by Crippen LogP contribution is 2.22. The molecule has 0 unspecified atom stereocenters. The second-order valence-corrected chi connectivity index (χ2v) is 5.37. The summed E-state index contributed by atoms with van der Waals surface area (Å²) in [5.41, 5.74) is 2.68. The molecule has 126 valence electrons. The monoisotopic (exact) mass is 337 g/mol. The van der Waals surface area contributed by atoms with Gasteiger partial charge in [-0.2, -0.15) is 0 Å². The Hall–Kier alpha value is -3.42. The van der Waals surface area contributed by atoms with E-state index in [4.69, 9.17) is 9.57 Å². The summed E-state index contributed by atoms with van der Waals surface area (Å²) >= 11 is 0. The number of rotatable bonds is 4. The number of fused-ring (bicyclic) bond motifs is 2. The number of benzene rings is 1. The maximum atomic E-state index is 12.7.